The minimum absolute atomic E-state index is 0.0289. The molecule has 1 aromatic rings. The van der Waals surface area contributed by atoms with Gasteiger partial charge < -0.3 is 20.6 Å². The number of aliphatic carboxylic acids is 1. The molecule has 4 N–H and O–H groups in total. The summed E-state index contributed by atoms with van der Waals surface area (Å²) >= 11 is 0. The number of carbonyl (C=O) groups excluding carboxylic acids is 1. The van der Waals surface area contributed by atoms with Gasteiger partial charge >= 0.3 is 5.97 Å². The molecule has 2 atom stereocenters. The zero-order chi connectivity index (χ0) is 15.4. The molecule has 0 aliphatic heterocycles. The lowest BCUT2D eigenvalue weighted by atomic mass is 9.94. The largest absolute Gasteiger partial charge is 0.508 e. The molecule has 0 radical (unpaired) electrons. The molecule has 1 fully saturated rings. The highest BCUT2D eigenvalue weighted by atomic mass is 16.4. The number of carboxylic acids is 1. The number of benzene rings is 1. The minimum Gasteiger partial charge on any atom is -0.508 e. The monoisotopic (exact) mass is 293 g/mol. The molecule has 0 heterocycles. The van der Waals surface area contributed by atoms with Crippen LogP contribution in [0.4, 0.5) is 0 Å². The number of phenolic OH excluding ortho intramolecular Hbond substituents is 2. The van der Waals surface area contributed by atoms with Crippen molar-refractivity contribution < 1.29 is 24.9 Å². The van der Waals surface area contributed by atoms with Crippen LogP contribution in [0, 0.1) is 5.92 Å². The Morgan fingerprint density at radius 2 is 1.81 bits per heavy atom. The van der Waals surface area contributed by atoms with E-state index >= 15 is 0 Å². The molecule has 21 heavy (non-hydrogen) atoms. The molecule has 1 aromatic carbocycles. The van der Waals surface area contributed by atoms with Crippen LogP contribution in [0.15, 0.2) is 18.2 Å². The van der Waals surface area contributed by atoms with Gasteiger partial charge in [0.25, 0.3) is 5.91 Å². The highest BCUT2D eigenvalue weighted by molar-refractivity contribution is 5.97. The van der Waals surface area contributed by atoms with E-state index in [9.17, 15) is 24.9 Å². The van der Waals surface area contributed by atoms with E-state index in [2.05, 4.69) is 5.32 Å². The number of rotatable bonds is 3. The SMILES string of the molecule is O=C(NC1CCCCCC1C(=O)O)c1ccc(O)cc1O. The van der Waals surface area contributed by atoms with E-state index in [1.165, 1.54) is 12.1 Å². The second-order valence-electron chi connectivity index (χ2n) is 5.36. The first-order chi connectivity index (χ1) is 9.99. The standard InChI is InChI=1S/C15H19NO5/c17-9-6-7-11(13(18)8-9)14(19)16-12-5-3-1-2-4-10(12)15(20)21/h6-8,10,12,17-18H,1-5H2,(H,16,19)(H,20,21). The number of carboxylic acid groups (broad SMARTS) is 1. The maximum absolute atomic E-state index is 12.2. The van der Waals surface area contributed by atoms with Crippen molar-refractivity contribution in [2.45, 2.75) is 38.1 Å². The van der Waals surface area contributed by atoms with Crippen LogP contribution in [0.2, 0.25) is 0 Å². The number of aromatic hydroxyl groups is 2. The van der Waals surface area contributed by atoms with E-state index in [1.54, 1.807) is 0 Å². The average molecular weight is 293 g/mol. The molecular weight excluding hydrogens is 274 g/mol. The van der Waals surface area contributed by atoms with Crippen molar-refractivity contribution in [2.75, 3.05) is 0 Å². The molecule has 6 heteroatoms. The molecule has 114 valence electrons. The third-order valence-corrected chi connectivity index (χ3v) is 3.88. The van der Waals surface area contributed by atoms with Crippen LogP contribution < -0.4 is 5.32 Å². The lowest BCUT2D eigenvalue weighted by molar-refractivity contribution is -0.142. The maximum Gasteiger partial charge on any atom is 0.308 e. The van der Waals surface area contributed by atoms with E-state index in [0.29, 0.717) is 12.8 Å². The lowest BCUT2D eigenvalue weighted by Gasteiger charge is -2.23. The van der Waals surface area contributed by atoms with Crippen molar-refractivity contribution in [3.05, 3.63) is 23.8 Å². The molecule has 2 unspecified atom stereocenters. The number of nitrogens with one attached hydrogen (secondary N) is 1. The molecule has 6 nitrogen and oxygen atoms in total. The van der Waals surface area contributed by atoms with Crippen LogP contribution in [0.3, 0.4) is 0 Å². The molecule has 1 amide bonds. The van der Waals surface area contributed by atoms with Crippen LogP contribution in [-0.4, -0.2) is 33.2 Å². The molecule has 1 aliphatic rings. The Hall–Kier alpha value is -2.24. The Balaban J connectivity index is 2.14. The molecular formula is C15H19NO5. The van der Waals surface area contributed by atoms with Gasteiger partial charge in [-0.1, -0.05) is 19.3 Å². The summed E-state index contributed by atoms with van der Waals surface area (Å²) < 4.78 is 0. The summed E-state index contributed by atoms with van der Waals surface area (Å²) in [6.45, 7) is 0. The van der Waals surface area contributed by atoms with Crippen LogP contribution in [-0.2, 0) is 4.79 Å². The van der Waals surface area contributed by atoms with Gasteiger partial charge in [0.1, 0.15) is 11.5 Å². The van der Waals surface area contributed by atoms with E-state index in [0.717, 1.165) is 25.3 Å². The summed E-state index contributed by atoms with van der Waals surface area (Å²) in [6.07, 6.45) is 3.83. The Kier molecular flexibility index (Phi) is 4.67. The number of hydrogen-bond acceptors (Lipinski definition) is 4. The van der Waals surface area contributed by atoms with E-state index in [4.69, 9.17) is 0 Å². The molecule has 1 saturated carbocycles. The Morgan fingerprint density at radius 3 is 2.48 bits per heavy atom. The van der Waals surface area contributed by atoms with E-state index in [1.807, 2.05) is 0 Å². The lowest BCUT2D eigenvalue weighted by Crippen LogP contribution is -2.42. The summed E-state index contributed by atoms with van der Waals surface area (Å²) in [4.78, 5) is 23.5. The fourth-order valence-corrected chi connectivity index (χ4v) is 2.73. The molecule has 0 bridgehead atoms. The minimum atomic E-state index is -0.905. The quantitative estimate of drug-likeness (QED) is 0.636. The maximum atomic E-state index is 12.2. The zero-order valence-electron chi connectivity index (χ0n) is 11.6. The topological polar surface area (TPSA) is 107 Å². The summed E-state index contributed by atoms with van der Waals surface area (Å²) in [5.41, 5.74) is 0.0289. The Morgan fingerprint density at radius 1 is 1.10 bits per heavy atom. The smallest absolute Gasteiger partial charge is 0.308 e. The van der Waals surface area contributed by atoms with Gasteiger partial charge in [0.05, 0.1) is 11.5 Å². The zero-order valence-corrected chi connectivity index (χ0v) is 11.6. The van der Waals surface area contributed by atoms with Crippen molar-refractivity contribution in [3.63, 3.8) is 0 Å². The van der Waals surface area contributed by atoms with Crippen molar-refractivity contribution in [2.24, 2.45) is 5.92 Å². The summed E-state index contributed by atoms with van der Waals surface area (Å²) in [5.74, 6) is -2.49. The van der Waals surface area contributed by atoms with E-state index in [-0.39, 0.29) is 17.1 Å². The molecule has 0 saturated heterocycles. The van der Waals surface area contributed by atoms with Gasteiger partial charge in [0.2, 0.25) is 0 Å². The number of amides is 1. The second kappa shape index (κ2) is 6.47. The van der Waals surface area contributed by atoms with Crippen molar-refractivity contribution >= 4 is 11.9 Å². The van der Waals surface area contributed by atoms with Gasteiger partial charge in [0.15, 0.2) is 0 Å². The molecule has 0 aromatic heterocycles. The predicted molar refractivity (Wildman–Crippen MR) is 75.2 cm³/mol. The van der Waals surface area contributed by atoms with Gasteiger partial charge in [0, 0.05) is 12.1 Å². The van der Waals surface area contributed by atoms with Crippen LogP contribution in [0.1, 0.15) is 42.5 Å². The van der Waals surface area contributed by atoms with Crippen LogP contribution in [0.5, 0.6) is 11.5 Å². The second-order valence-corrected chi connectivity index (χ2v) is 5.36. The normalized spacial score (nSPS) is 22.3. The Bertz CT molecular complexity index is 543. The average Bonchev–Trinajstić information content (AvgIpc) is 2.63. The summed E-state index contributed by atoms with van der Waals surface area (Å²) in [6, 6.07) is 3.25. The van der Waals surface area contributed by atoms with Crippen molar-refractivity contribution in [3.8, 4) is 11.5 Å². The fraction of sp³-hybridized carbons (Fsp3) is 0.467. The number of hydrogen-bond donors (Lipinski definition) is 4. The van der Waals surface area contributed by atoms with Gasteiger partial charge in [-0.25, -0.2) is 0 Å². The van der Waals surface area contributed by atoms with Gasteiger partial charge in [-0.05, 0) is 25.0 Å². The third-order valence-electron chi connectivity index (χ3n) is 3.88. The predicted octanol–water partition coefficient (Wildman–Crippen LogP) is 1.86. The third kappa shape index (κ3) is 3.65. The number of carbonyl (C=O) groups is 2. The van der Waals surface area contributed by atoms with Crippen molar-refractivity contribution in [1.82, 2.24) is 5.32 Å². The van der Waals surface area contributed by atoms with Crippen molar-refractivity contribution in [1.29, 1.82) is 0 Å². The molecule has 0 spiro atoms. The summed E-state index contributed by atoms with van der Waals surface area (Å²) in [7, 11) is 0. The van der Waals surface area contributed by atoms with E-state index < -0.39 is 23.8 Å². The van der Waals surface area contributed by atoms with Gasteiger partial charge in [-0.15, -0.1) is 0 Å². The Labute approximate surface area is 122 Å². The number of phenols is 2. The first-order valence-electron chi connectivity index (χ1n) is 7.04. The van der Waals surface area contributed by atoms with Crippen LogP contribution >= 0.6 is 0 Å². The summed E-state index contributed by atoms with van der Waals surface area (Å²) in [5, 5.41) is 30.9. The highest BCUT2D eigenvalue weighted by Crippen LogP contribution is 2.26. The van der Waals surface area contributed by atoms with Crippen LogP contribution in [0.25, 0.3) is 0 Å². The fourth-order valence-electron chi connectivity index (χ4n) is 2.73. The van der Waals surface area contributed by atoms with Gasteiger partial charge in [-0.3, -0.25) is 9.59 Å². The highest BCUT2D eigenvalue weighted by Gasteiger charge is 2.31. The van der Waals surface area contributed by atoms with Gasteiger partial charge in [-0.2, -0.15) is 0 Å². The first kappa shape index (κ1) is 15.2. The molecule has 2 rings (SSSR count). The molecule has 1 aliphatic carbocycles. The first-order valence-corrected chi connectivity index (χ1v) is 7.04.